The van der Waals surface area contributed by atoms with Crippen LogP contribution in [-0.4, -0.2) is 36.7 Å². The highest BCUT2D eigenvalue weighted by molar-refractivity contribution is 5.87. The summed E-state index contributed by atoms with van der Waals surface area (Å²) in [5, 5.41) is 3.00. The van der Waals surface area contributed by atoms with E-state index in [-0.39, 0.29) is 12.2 Å². The Bertz CT molecular complexity index is 600. The van der Waals surface area contributed by atoms with Gasteiger partial charge in [-0.2, -0.15) is 0 Å². The zero-order valence-electron chi connectivity index (χ0n) is 16.6. The lowest BCUT2D eigenvalue weighted by molar-refractivity contribution is 0.0267. The predicted molar refractivity (Wildman–Crippen MR) is 107 cm³/mol. The molecule has 0 radical (unpaired) electrons. The second kappa shape index (κ2) is 8.90. The molecule has 1 aromatic rings. The van der Waals surface area contributed by atoms with Crippen LogP contribution in [0.2, 0.25) is 0 Å². The van der Waals surface area contributed by atoms with Crippen LogP contribution in [0.5, 0.6) is 0 Å². The third kappa shape index (κ3) is 5.00. The van der Waals surface area contributed by atoms with Crippen LogP contribution in [-0.2, 0) is 4.74 Å². The van der Waals surface area contributed by atoms with Crippen molar-refractivity contribution in [3.63, 3.8) is 0 Å². The normalized spacial score (nSPS) is 24.3. The van der Waals surface area contributed by atoms with Crippen LogP contribution in [0.15, 0.2) is 12.1 Å². The van der Waals surface area contributed by atoms with Crippen molar-refractivity contribution in [3.8, 4) is 0 Å². The first kappa shape index (κ1) is 19.2. The van der Waals surface area contributed by atoms with Gasteiger partial charge in [-0.05, 0) is 77.1 Å². The molecular weight excluding hydrogens is 324 g/mol. The largest absolute Gasteiger partial charge is 0.446 e. The van der Waals surface area contributed by atoms with E-state index in [1.54, 1.807) is 0 Å². The Kier molecular flexibility index (Phi) is 6.58. The van der Waals surface area contributed by atoms with Gasteiger partial charge in [-0.25, -0.2) is 4.79 Å². The summed E-state index contributed by atoms with van der Waals surface area (Å²) >= 11 is 0. The number of aryl methyl sites for hydroxylation is 3. The average molecular weight is 359 g/mol. The number of anilines is 1. The molecule has 2 atom stereocenters. The van der Waals surface area contributed by atoms with E-state index in [1.165, 1.54) is 50.8 Å². The van der Waals surface area contributed by atoms with Crippen molar-refractivity contribution < 1.29 is 9.53 Å². The smallest absolute Gasteiger partial charge is 0.411 e. The van der Waals surface area contributed by atoms with Crippen LogP contribution >= 0.6 is 0 Å². The van der Waals surface area contributed by atoms with Crippen LogP contribution in [0.3, 0.4) is 0 Å². The molecule has 0 aromatic heterocycles. The molecule has 2 fully saturated rings. The average Bonchev–Trinajstić information content (AvgIpc) is 2.61. The summed E-state index contributed by atoms with van der Waals surface area (Å²) < 4.78 is 5.91. The lowest BCUT2D eigenvalue weighted by Crippen LogP contribution is -2.41. The fourth-order valence-corrected chi connectivity index (χ4v) is 4.66. The molecule has 3 rings (SSSR count). The fraction of sp³-hybridized carbons (Fsp3) is 0.682. The number of carbonyl (C=O) groups excluding carboxylic acids is 1. The van der Waals surface area contributed by atoms with Crippen LogP contribution in [0.1, 0.15) is 61.6 Å². The Balaban J connectivity index is 1.59. The fourth-order valence-electron chi connectivity index (χ4n) is 4.66. The zero-order chi connectivity index (χ0) is 18.5. The minimum atomic E-state index is -0.296. The van der Waals surface area contributed by atoms with E-state index < -0.39 is 0 Å². The molecule has 1 saturated heterocycles. The molecule has 0 unspecified atom stereocenters. The van der Waals surface area contributed by atoms with Crippen LogP contribution < -0.4 is 5.32 Å². The molecule has 4 heteroatoms. The Morgan fingerprint density at radius 1 is 1.04 bits per heavy atom. The van der Waals surface area contributed by atoms with Crippen LogP contribution in [0, 0.1) is 26.7 Å². The van der Waals surface area contributed by atoms with Gasteiger partial charge >= 0.3 is 6.09 Å². The maximum Gasteiger partial charge on any atom is 0.411 e. The standard InChI is InChI=1S/C22H34N2O2/c1-16-13-17(2)21(18(3)14-16)23-22(25)26-20-10-6-5-9-19(20)15-24-11-7-4-8-12-24/h13-14,19-20H,4-12,15H2,1-3H3,(H,23,25)/t19-,20+/m1/s1. The number of nitrogens with zero attached hydrogens (tertiary/aromatic N) is 1. The number of ether oxygens (including phenoxy) is 1. The zero-order valence-corrected chi connectivity index (χ0v) is 16.6. The van der Waals surface area contributed by atoms with E-state index in [0.29, 0.717) is 5.92 Å². The summed E-state index contributed by atoms with van der Waals surface area (Å²) in [4.78, 5) is 15.1. The molecule has 1 heterocycles. The molecule has 2 aliphatic rings. The van der Waals surface area contributed by atoms with E-state index in [1.807, 2.05) is 13.8 Å². The molecule has 26 heavy (non-hydrogen) atoms. The first-order valence-corrected chi connectivity index (χ1v) is 10.3. The van der Waals surface area contributed by atoms with Gasteiger partial charge in [0.25, 0.3) is 0 Å². The van der Waals surface area contributed by atoms with E-state index >= 15 is 0 Å². The first-order chi connectivity index (χ1) is 12.5. The van der Waals surface area contributed by atoms with Crippen LogP contribution in [0.4, 0.5) is 10.5 Å². The molecule has 1 N–H and O–H groups in total. The van der Waals surface area contributed by atoms with Crippen molar-refractivity contribution in [2.45, 2.75) is 71.8 Å². The minimum absolute atomic E-state index is 0.0525. The number of benzene rings is 1. The van der Waals surface area contributed by atoms with E-state index in [0.717, 1.165) is 36.2 Å². The third-order valence-corrected chi connectivity index (χ3v) is 5.94. The van der Waals surface area contributed by atoms with Crippen molar-refractivity contribution in [3.05, 3.63) is 28.8 Å². The molecule has 1 aromatic carbocycles. The maximum absolute atomic E-state index is 12.6. The van der Waals surface area contributed by atoms with Gasteiger partial charge in [0.1, 0.15) is 6.10 Å². The lowest BCUT2D eigenvalue weighted by atomic mass is 9.85. The quantitative estimate of drug-likeness (QED) is 0.804. The van der Waals surface area contributed by atoms with Gasteiger partial charge in [0, 0.05) is 18.2 Å². The Morgan fingerprint density at radius 3 is 2.38 bits per heavy atom. The van der Waals surface area contributed by atoms with Gasteiger partial charge in [0.2, 0.25) is 0 Å². The van der Waals surface area contributed by atoms with Crippen molar-refractivity contribution >= 4 is 11.8 Å². The monoisotopic (exact) mass is 358 g/mol. The van der Waals surface area contributed by atoms with Gasteiger partial charge in [-0.15, -0.1) is 0 Å². The highest BCUT2D eigenvalue weighted by Crippen LogP contribution is 2.29. The number of hydrogen-bond donors (Lipinski definition) is 1. The van der Waals surface area contributed by atoms with E-state index in [2.05, 4.69) is 29.3 Å². The van der Waals surface area contributed by atoms with Gasteiger partial charge in [-0.3, -0.25) is 5.32 Å². The highest BCUT2D eigenvalue weighted by atomic mass is 16.6. The minimum Gasteiger partial charge on any atom is -0.446 e. The van der Waals surface area contributed by atoms with Crippen molar-refractivity contribution in [2.75, 3.05) is 25.0 Å². The second-order valence-corrected chi connectivity index (χ2v) is 8.25. The number of piperidine rings is 1. The molecular formula is C22H34N2O2. The van der Waals surface area contributed by atoms with Gasteiger partial charge < -0.3 is 9.64 Å². The number of likely N-dealkylation sites (tertiary alicyclic amines) is 1. The van der Waals surface area contributed by atoms with Crippen molar-refractivity contribution in [1.82, 2.24) is 4.90 Å². The third-order valence-electron chi connectivity index (χ3n) is 5.94. The summed E-state index contributed by atoms with van der Waals surface area (Å²) in [5.41, 5.74) is 4.29. The summed E-state index contributed by atoms with van der Waals surface area (Å²) in [7, 11) is 0. The number of hydrogen-bond acceptors (Lipinski definition) is 3. The highest BCUT2D eigenvalue weighted by Gasteiger charge is 2.30. The van der Waals surface area contributed by atoms with E-state index in [4.69, 9.17) is 4.74 Å². The Hall–Kier alpha value is -1.55. The maximum atomic E-state index is 12.6. The lowest BCUT2D eigenvalue weighted by Gasteiger charge is -2.36. The summed E-state index contributed by atoms with van der Waals surface area (Å²) in [6.45, 7) is 9.65. The molecule has 1 saturated carbocycles. The number of rotatable bonds is 4. The molecule has 0 spiro atoms. The van der Waals surface area contributed by atoms with Crippen molar-refractivity contribution in [1.29, 1.82) is 0 Å². The number of carbonyl (C=O) groups is 1. The first-order valence-electron chi connectivity index (χ1n) is 10.3. The molecule has 4 nitrogen and oxygen atoms in total. The predicted octanol–water partition coefficient (Wildman–Crippen LogP) is 5.21. The number of nitrogens with one attached hydrogen (secondary N) is 1. The molecule has 144 valence electrons. The van der Waals surface area contributed by atoms with Gasteiger partial charge in [0.15, 0.2) is 0 Å². The van der Waals surface area contributed by atoms with E-state index in [9.17, 15) is 4.79 Å². The molecule has 1 amide bonds. The van der Waals surface area contributed by atoms with Crippen LogP contribution in [0.25, 0.3) is 0 Å². The summed E-state index contributed by atoms with van der Waals surface area (Å²) in [6.07, 6.45) is 8.34. The van der Waals surface area contributed by atoms with Crippen molar-refractivity contribution in [2.24, 2.45) is 5.92 Å². The van der Waals surface area contributed by atoms with Gasteiger partial charge in [-0.1, -0.05) is 30.5 Å². The molecule has 0 bridgehead atoms. The Labute approximate surface area is 158 Å². The molecule has 1 aliphatic carbocycles. The second-order valence-electron chi connectivity index (χ2n) is 8.25. The number of amides is 1. The Morgan fingerprint density at radius 2 is 1.69 bits per heavy atom. The summed E-state index contributed by atoms with van der Waals surface area (Å²) in [6, 6.07) is 4.20. The SMILES string of the molecule is Cc1cc(C)c(NC(=O)O[C@H]2CCCC[C@@H]2CN2CCCCC2)c(C)c1. The topological polar surface area (TPSA) is 41.6 Å². The summed E-state index contributed by atoms with van der Waals surface area (Å²) in [5.74, 6) is 0.479. The van der Waals surface area contributed by atoms with Gasteiger partial charge in [0.05, 0.1) is 0 Å². The molecule has 1 aliphatic heterocycles.